The number of nitrogens with one attached hydrogen (secondary N) is 4. The second-order valence-corrected chi connectivity index (χ2v) is 6.89. The number of amides is 4. The summed E-state index contributed by atoms with van der Waals surface area (Å²) in [4.78, 5) is 24.1. The Morgan fingerprint density at radius 1 is 0.500 bits per heavy atom. The number of hydrogen-bond acceptors (Lipinski definition) is 2. The van der Waals surface area contributed by atoms with Crippen molar-refractivity contribution in [2.75, 3.05) is 21.3 Å². The summed E-state index contributed by atoms with van der Waals surface area (Å²) in [6, 6.07) is 12.3. The molecule has 6 nitrogen and oxygen atoms in total. The van der Waals surface area contributed by atoms with Crippen molar-refractivity contribution in [1.29, 1.82) is 0 Å². The van der Waals surface area contributed by atoms with Crippen LogP contribution in [0.15, 0.2) is 72.8 Å². The Morgan fingerprint density at radius 3 is 1.15 bits per heavy atom. The topological polar surface area (TPSA) is 82.3 Å². The molecule has 4 N–H and O–H groups in total. The molecule has 12 heteroatoms. The van der Waals surface area contributed by atoms with E-state index >= 15 is 0 Å². The first-order chi connectivity index (χ1) is 15.9. The number of carbonyl (C=O) groups excluding carboxylic acids is 2. The number of halogens is 6. The van der Waals surface area contributed by atoms with Crippen LogP contribution in [0, 0.1) is 0 Å². The number of benzene rings is 3. The van der Waals surface area contributed by atoms with Gasteiger partial charge in [-0.25, -0.2) is 9.59 Å². The molecule has 0 fully saturated rings. The van der Waals surface area contributed by atoms with E-state index in [2.05, 4.69) is 21.3 Å². The Hall–Kier alpha value is -4.22. The second-order valence-electron chi connectivity index (χ2n) is 6.89. The number of carbonyl (C=O) groups is 2. The van der Waals surface area contributed by atoms with E-state index in [0.29, 0.717) is 0 Å². The standard InChI is InChI=1S/C22H16F6N4O2/c23-21(24,25)13-3-1-5-17(11-13)31-19(33)29-15-7-9-16(10-8-15)30-20(34)32-18-6-2-4-14(12-18)22(26,27)28/h1-12H,(H2,29,31,33)(H2,30,32,34). The molecule has 34 heavy (non-hydrogen) atoms. The summed E-state index contributed by atoms with van der Waals surface area (Å²) in [6.45, 7) is 0. The lowest BCUT2D eigenvalue weighted by Crippen LogP contribution is -2.20. The molecule has 0 heterocycles. The van der Waals surface area contributed by atoms with E-state index in [4.69, 9.17) is 0 Å². The van der Waals surface area contributed by atoms with Crippen molar-refractivity contribution < 1.29 is 35.9 Å². The zero-order valence-electron chi connectivity index (χ0n) is 17.0. The Bertz CT molecular complexity index is 1080. The SMILES string of the molecule is O=C(Nc1ccc(NC(=O)Nc2cccc(C(F)(F)F)c2)cc1)Nc1cccc(C(F)(F)F)c1. The highest BCUT2D eigenvalue weighted by atomic mass is 19.4. The summed E-state index contributed by atoms with van der Waals surface area (Å²) in [5, 5.41) is 9.41. The zero-order valence-corrected chi connectivity index (χ0v) is 17.0. The fourth-order valence-electron chi connectivity index (χ4n) is 2.77. The van der Waals surface area contributed by atoms with E-state index in [1.54, 1.807) is 0 Å². The van der Waals surface area contributed by atoms with E-state index in [9.17, 15) is 35.9 Å². The Balaban J connectivity index is 1.55. The third-order valence-electron chi connectivity index (χ3n) is 4.30. The minimum absolute atomic E-state index is 0.0584. The Morgan fingerprint density at radius 2 is 0.824 bits per heavy atom. The van der Waals surface area contributed by atoms with Crippen molar-refractivity contribution >= 4 is 34.8 Å². The van der Waals surface area contributed by atoms with Crippen molar-refractivity contribution in [3.63, 3.8) is 0 Å². The lowest BCUT2D eigenvalue weighted by Gasteiger charge is -2.12. The minimum atomic E-state index is -4.55. The maximum atomic E-state index is 12.8. The third-order valence-corrected chi connectivity index (χ3v) is 4.30. The molecular formula is C22H16F6N4O2. The molecule has 0 unspecified atom stereocenters. The average molecular weight is 482 g/mol. The highest BCUT2D eigenvalue weighted by Crippen LogP contribution is 2.31. The first kappa shape index (κ1) is 24.4. The van der Waals surface area contributed by atoms with Crippen LogP contribution in [0.5, 0.6) is 0 Å². The van der Waals surface area contributed by atoms with Gasteiger partial charge in [0.1, 0.15) is 0 Å². The molecule has 0 spiro atoms. The fraction of sp³-hybridized carbons (Fsp3) is 0.0909. The van der Waals surface area contributed by atoms with Gasteiger partial charge >= 0.3 is 24.4 Å². The van der Waals surface area contributed by atoms with Gasteiger partial charge in [-0.15, -0.1) is 0 Å². The van der Waals surface area contributed by atoms with Gasteiger partial charge in [-0.05, 0) is 60.7 Å². The summed E-state index contributed by atoms with van der Waals surface area (Å²) in [7, 11) is 0. The summed E-state index contributed by atoms with van der Waals surface area (Å²) in [5.41, 5.74) is -1.40. The quantitative estimate of drug-likeness (QED) is 0.302. The summed E-state index contributed by atoms with van der Waals surface area (Å²) in [5.74, 6) is 0. The van der Waals surface area contributed by atoms with E-state index in [1.807, 2.05) is 0 Å². The van der Waals surface area contributed by atoms with Gasteiger partial charge in [-0.1, -0.05) is 12.1 Å². The number of anilines is 4. The van der Waals surface area contributed by atoms with Crippen LogP contribution < -0.4 is 21.3 Å². The molecule has 3 aromatic rings. The Labute approximate surface area is 189 Å². The minimum Gasteiger partial charge on any atom is -0.308 e. The second kappa shape index (κ2) is 9.73. The normalized spacial score (nSPS) is 11.5. The van der Waals surface area contributed by atoms with E-state index in [-0.39, 0.29) is 22.7 Å². The van der Waals surface area contributed by atoms with E-state index in [0.717, 1.165) is 36.4 Å². The highest BCUT2D eigenvalue weighted by molar-refractivity contribution is 6.01. The summed E-state index contributed by atoms with van der Waals surface area (Å²) >= 11 is 0. The largest absolute Gasteiger partial charge is 0.416 e. The molecule has 4 amide bonds. The van der Waals surface area contributed by atoms with E-state index in [1.165, 1.54) is 36.4 Å². The monoisotopic (exact) mass is 482 g/mol. The third kappa shape index (κ3) is 6.89. The van der Waals surface area contributed by atoms with Gasteiger partial charge in [-0.2, -0.15) is 26.3 Å². The molecule has 3 rings (SSSR count). The van der Waals surface area contributed by atoms with Gasteiger partial charge in [0.05, 0.1) is 11.1 Å². The molecular weight excluding hydrogens is 466 g/mol. The van der Waals surface area contributed by atoms with Gasteiger partial charge in [0.25, 0.3) is 0 Å². The Kier molecular flexibility index (Phi) is 6.99. The summed E-state index contributed by atoms with van der Waals surface area (Å²) in [6.07, 6.45) is -9.10. The maximum Gasteiger partial charge on any atom is 0.416 e. The van der Waals surface area contributed by atoms with Crippen LogP contribution in [-0.4, -0.2) is 12.1 Å². The molecule has 0 aliphatic heterocycles. The van der Waals surface area contributed by atoms with Crippen LogP contribution in [0.1, 0.15) is 11.1 Å². The summed E-state index contributed by atoms with van der Waals surface area (Å²) < 4.78 is 76.6. The molecule has 3 aromatic carbocycles. The fourth-order valence-corrected chi connectivity index (χ4v) is 2.77. The smallest absolute Gasteiger partial charge is 0.308 e. The van der Waals surface area contributed by atoms with Crippen molar-refractivity contribution in [1.82, 2.24) is 0 Å². The molecule has 178 valence electrons. The van der Waals surface area contributed by atoms with Crippen molar-refractivity contribution in [2.24, 2.45) is 0 Å². The predicted molar refractivity (Wildman–Crippen MR) is 115 cm³/mol. The predicted octanol–water partition coefficient (Wildman–Crippen LogP) is 7.01. The van der Waals surface area contributed by atoms with Gasteiger partial charge in [0.2, 0.25) is 0 Å². The molecule has 0 bridgehead atoms. The van der Waals surface area contributed by atoms with Gasteiger partial charge in [0.15, 0.2) is 0 Å². The van der Waals surface area contributed by atoms with Crippen LogP contribution >= 0.6 is 0 Å². The first-order valence-corrected chi connectivity index (χ1v) is 9.51. The van der Waals surface area contributed by atoms with Crippen molar-refractivity contribution in [2.45, 2.75) is 12.4 Å². The van der Waals surface area contributed by atoms with Crippen molar-refractivity contribution in [3.05, 3.63) is 83.9 Å². The molecule has 0 aliphatic carbocycles. The lowest BCUT2D eigenvalue weighted by atomic mass is 10.2. The van der Waals surface area contributed by atoms with Crippen molar-refractivity contribution in [3.8, 4) is 0 Å². The lowest BCUT2D eigenvalue weighted by molar-refractivity contribution is -0.138. The molecule has 0 atom stereocenters. The van der Waals surface area contributed by atoms with Crippen LogP contribution in [0.25, 0.3) is 0 Å². The van der Waals surface area contributed by atoms with Crippen LogP contribution in [0.4, 0.5) is 58.7 Å². The van der Waals surface area contributed by atoms with Gasteiger partial charge in [0, 0.05) is 22.7 Å². The number of rotatable bonds is 4. The average Bonchev–Trinajstić information content (AvgIpc) is 2.74. The zero-order chi connectivity index (χ0) is 24.9. The maximum absolute atomic E-state index is 12.8. The van der Waals surface area contributed by atoms with Crippen LogP contribution in [0.3, 0.4) is 0 Å². The molecule has 0 aromatic heterocycles. The number of urea groups is 2. The highest BCUT2D eigenvalue weighted by Gasteiger charge is 2.31. The van der Waals surface area contributed by atoms with Gasteiger partial charge < -0.3 is 21.3 Å². The number of hydrogen-bond donors (Lipinski definition) is 4. The number of alkyl halides is 6. The van der Waals surface area contributed by atoms with Crippen LogP contribution in [-0.2, 0) is 12.4 Å². The molecule has 0 saturated carbocycles. The molecule has 0 aliphatic rings. The van der Waals surface area contributed by atoms with Crippen LogP contribution in [0.2, 0.25) is 0 Å². The van der Waals surface area contributed by atoms with E-state index < -0.39 is 35.5 Å². The molecule has 0 radical (unpaired) electrons. The van der Waals surface area contributed by atoms with Gasteiger partial charge in [-0.3, -0.25) is 0 Å². The molecule has 0 saturated heterocycles. The first-order valence-electron chi connectivity index (χ1n) is 9.51.